The molecule has 0 aliphatic carbocycles. The molecular formula is C39H51N9O6. The Hall–Kier alpha value is -5.36. The van der Waals surface area contributed by atoms with Gasteiger partial charge in [-0.05, 0) is 55.0 Å². The number of likely N-dealkylation sites (N-methyl/N-ethyl adjacent to an activating group) is 1. The van der Waals surface area contributed by atoms with Crippen molar-refractivity contribution >= 4 is 23.6 Å². The summed E-state index contributed by atoms with van der Waals surface area (Å²) in [7, 11) is 1.54. The first-order valence-corrected chi connectivity index (χ1v) is 18.8. The standard InChI is InChI=1S/C39H51N9O6/c1-26(2)17-32-38(52)48-24-30(49)20-34(48)39(53)46(3)33(19-28-11-10-14-41-22-28)37(51)42-15-8-6-4-5-7-9-16-47-23-29(44-45-47)25-54-35-13-12-27(21-40)18-31(35)36(50)43-32/h10-14,18,22-23,26,30,32-34,49H,4-9,15-17,19-20,24-25H2,1-3H3,(H,42,51)(H,43,50)/t30-,32+,33-,34+/m0/s1. The number of amides is 4. The van der Waals surface area contributed by atoms with Crippen LogP contribution in [0, 0.1) is 17.2 Å². The predicted molar refractivity (Wildman–Crippen MR) is 198 cm³/mol. The third-order valence-electron chi connectivity index (χ3n) is 9.86. The van der Waals surface area contributed by atoms with E-state index in [9.17, 15) is 29.5 Å². The third-order valence-corrected chi connectivity index (χ3v) is 9.86. The molecule has 0 spiro atoms. The van der Waals surface area contributed by atoms with Crippen LogP contribution in [0.25, 0.3) is 0 Å². The molecule has 2 aliphatic heterocycles. The zero-order valence-electron chi connectivity index (χ0n) is 31.3. The lowest BCUT2D eigenvalue weighted by Gasteiger charge is -2.34. The number of carbonyl (C=O) groups excluding carboxylic acids is 4. The Morgan fingerprint density at radius 2 is 1.83 bits per heavy atom. The molecule has 1 aromatic carbocycles. The Labute approximate surface area is 316 Å². The van der Waals surface area contributed by atoms with Crippen LogP contribution in [0.1, 0.15) is 92.4 Å². The van der Waals surface area contributed by atoms with Gasteiger partial charge in [0.15, 0.2) is 0 Å². The summed E-state index contributed by atoms with van der Waals surface area (Å²) in [6.45, 7) is 4.87. The van der Waals surface area contributed by atoms with E-state index in [0.717, 1.165) is 44.1 Å². The fraction of sp³-hybridized carbons (Fsp3) is 0.538. The lowest BCUT2D eigenvalue weighted by molar-refractivity contribution is -0.147. The van der Waals surface area contributed by atoms with Crippen molar-refractivity contribution in [3.8, 4) is 11.8 Å². The van der Waals surface area contributed by atoms with E-state index in [1.165, 1.54) is 21.9 Å². The van der Waals surface area contributed by atoms with Crippen molar-refractivity contribution in [1.29, 1.82) is 5.26 Å². The number of pyridine rings is 1. The van der Waals surface area contributed by atoms with Crippen LogP contribution in [0.5, 0.6) is 5.75 Å². The van der Waals surface area contributed by atoms with Crippen LogP contribution in [0.3, 0.4) is 0 Å². The van der Waals surface area contributed by atoms with Crippen molar-refractivity contribution in [3.05, 3.63) is 71.3 Å². The lowest BCUT2D eigenvalue weighted by Crippen LogP contribution is -2.57. The van der Waals surface area contributed by atoms with Crippen LogP contribution < -0.4 is 15.4 Å². The monoisotopic (exact) mass is 741 g/mol. The second kappa shape index (κ2) is 19.1. The molecule has 0 saturated carbocycles. The fourth-order valence-electron chi connectivity index (χ4n) is 6.96. The molecule has 2 bridgehead atoms. The molecule has 15 nitrogen and oxygen atoms in total. The van der Waals surface area contributed by atoms with Crippen LogP contribution in [-0.2, 0) is 34.0 Å². The Morgan fingerprint density at radius 3 is 2.57 bits per heavy atom. The maximum absolute atomic E-state index is 14.3. The highest BCUT2D eigenvalue weighted by Crippen LogP contribution is 2.26. The zero-order valence-corrected chi connectivity index (χ0v) is 31.3. The summed E-state index contributed by atoms with van der Waals surface area (Å²) in [6.07, 6.45) is 10.2. The van der Waals surface area contributed by atoms with Gasteiger partial charge in [0, 0.05) is 51.9 Å². The van der Waals surface area contributed by atoms with Crippen LogP contribution in [-0.4, -0.2) is 103 Å². The minimum atomic E-state index is -1.07. The SMILES string of the molecule is CC(C)C[C@H]1NC(=O)c2cc(C#N)ccc2OCc2cn(nn2)CCCCCCCCNC(=O)[C@H](Cc2cccnc2)N(C)C(=O)[C@H]2C[C@H](O)CN2C1=O. The molecule has 2 aliphatic rings. The van der Waals surface area contributed by atoms with E-state index in [-0.39, 0.29) is 61.1 Å². The van der Waals surface area contributed by atoms with E-state index in [0.29, 0.717) is 18.8 Å². The van der Waals surface area contributed by atoms with Crippen LogP contribution in [0.15, 0.2) is 48.9 Å². The van der Waals surface area contributed by atoms with Gasteiger partial charge in [0.1, 0.15) is 36.2 Å². The summed E-state index contributed by atoms with van der Waals surface area (Å²) in [4.78, 5) is 63.1. The number of hydrogen-bond acceptors (Lipinski definition) is 10. The van der Waals surface area contributed by atoms with Crippen molar-refractivity contribution in [1.82, 2.24) is 40.4 Å². The van der Waals surface area contributed by atoms with E-state index in [1.54, 1.807) is 42.5 Å². The number of hydrogen-bond donors (Lipinski definition) is 3. The Morgan fingerprint density at radius 1 is 1.06 bits per heavy atom. The number of aliphatic hydroxyl groups excluding tert-OH is 1. The number of carbonyl (C=O) groups is 4. The summed E-state index contributed by atoms with van der Waals surface area (Å²) in [5, 5.41) is 34.7. The number of fused-ring (bicyclic) bond motifs is 4. The van der Waals surface area contributed by atoms with Gasteiger partial charge in [0.25, 0.3) is 5.91 Å². The molecule has 15 heteroatoms. The maximum atomic E-state index is 14.3. The van der Waals surface area contributed by atoms with Gasteiger partial charge < -0.3 is 30.3 Å². The number of aryl methyl sites for hydroxylation is 1. The van der Waals surface area contributed by atoms with Crippen molar-refractivity contribution < 1.29 is 29.0 Å². The highest BCUT2D eigenvalue weighted by atomic mass is 16.5. The maximum Gasteiger partial charge on any atom is 0.255 e. The molecule has 3 N–H and O–H groups in total. The summed E-state index contributed by atoms with van der Waals surface area (Å²) >= 11 is 0. The molecule has 4 atom stereocenters. The summed E-state index contributed by atoms with van der Waals surface area (Å²) in [6, 6.07) is 7.09. The van der Waals surface area contributed by atoms with E-state index in [1.807, 2.05) is 26.0 Å². The molecule has 4 heterocycles. The highest BCUT2D eigenvalue weighted by Gasteiger charge is 2.44. The molecule has 2 aromatic heterocycles. The highest BCUT2D eigenvalue weighted by molar-refractivity contribution is 6.01. The average molecular weight is 742 g/mol. The van der Waals surface area contributed by atoms with E-state index >= 15 is 0 Å². The summed E-state index contributed by atoms with van der Waals surface area (Å²) < 4.78 is 7.79. The molecule has 1 fully saturated rings. The van der Waals surface area contributed by atoms with Crippen molar-refractivity contribution in [2.75, 3.05) is 20.1 Å². The summed E-state index contributed by atoms with van der Waals surface area (Å²) in [5.41, 5.74) is 1.62. The molecule has 5 rings (SSSR count). The van der Waals surface area contributed by atoms with Gasteiger partial charge in [-0.1, -0.05) is 50.8 Å². The van der Waals surface area contributed by atoms with Crippen molar-refractivity contribution in [2.24, 2.45) is 5.92 Å². The third kappa shape index (κ3) is 10.6. The van der Waals surface area contributed by atoms with Gasteiger partial charge in [-0.3, -0.25) is 28.8 Å². The van der Waals surface area contributed by atoms with Gasteiger partial charge in [-0.2, -0.15) is 5.26 Å². The number of aromatic nitrogens is 4. The van der Waals surface area contributed by atoms with Crippen molar-refractivity contribution in [3.63, 3.8) is 0 Å². The molecule has 0 radical (unpaired) electrons. The van der Waals surface area contributed by atoms with E-state index in [2.05, 4.69) is 25.9 Å². The topological polar surface area (TPSA) is 196 Å². The second-order valence-electron chi connectivity index (χ2n) is 14.6. The molecular weight excluding hydrogens is 690 g/mol. The van der Waals surface area contributed by atoms with E-state index < -0.39 is 42.0 Å². The molecule has 288 valence electrons. The molecule has 0 unspecified atom stereocenters. The molecule has 3 aromatic rings. The summed E-state index contributed by atoms with van der Waals surface area (Å²) in [5.74, 6) is -1.83. The molecule has 1 saturated heterocycles. The van der Waals surface area contributed by atoms with Crippen LogP contribution in [0.2, 0.25) is 0 Å². The zero-order chi connectivity index (χ0) is 38.6. The number of ether oxygens (including phenoxy) is 1. The number of nitrogens with zero attached hydrogens (tertiary/aromatic N) is 7. The van der Waals surface area contributed by atoms with Crippen molar-refractivity contribution in [2.45, 2.75) is 109 Å². The van der Waals surface area contributed by atoms with E-state index in [4.69, 9.17) is 4.74 Å². The van der Waals surface area contributed by atoms with Crippen LogP contribution in [0.4, 0.5) is 0 Å². The molecule has 54 heavy (non-hydrogen) atoms. The smallest absolute Gasteiger partial charge is 0.255 e. The average Bonchev–Trinajstić information content (AvgIpc) is 3.80. The Bertz CT molecular complexity index is 1790. The van der Waals surface area contributed by atoms with Gasteiger partial charge in [-0.15, -0.1) is 5.10 Å². The number of nitriles is 1. The van der Waals surface area contributed by atoms with Crippen LogP contribution >= 0.6 is 0 Å². The predicted octanol–water partition coefficient (Wildman–Crippen LogP) is 2.77. The number of aliphatic hydroxyl groups is 1. The van der Waals surface area contributed by atoms with Gasteiger partial charge in [0.2, 0.25) is 17.7 Å². The van der Waals surface area contributed by atoms with Gasteiger partial charge >= 0.3 is 0 Å². The fourth-order valence-corrected chi connectivity index (χ4v) is 6.96. The lowest BCUT2D eigenvalue weighted by atomic mass is 10.0. The first-order valence-electron chi connectivity index (χ1n) is 18.8. The largest absolute Gasteiger partial charge is 0.486 e. The Kier molecular flexibility index (Phi) is 14.1. The molecule has 4 amide bonds. The first kappa shape index (κ1) is 39.8. The first-order chi connectivity index (χ1) is 26.0. The minimum absolute atomic E-state index is 0.0225. The van der Waals surface area contributed by atoms with Gasteiger partial charge in [-0.25, -0.2) is 0 Å². The quantitative estimate of drug-likeness (QED) is 0.358. The number of rotatable bonds is 4. The van der Waals surface area contributed by atoms with Gasteiger partial charge in [0.05, 0.1) is 29.5 Å². The normalized spacial score (nSPS) is 22.8. The number of benzene rings is 1. The second-order valence-corrected chi connectivity index (χ2v) is 14.6. The Balaban J connectivity index is 1.44. The number of nitrogens with one attached hydrogen (secondary N) is 2. The minimum Gasteiger partial charge on any atom is -0.486 e.